The summed E-state index contributed by atoms with van der Waals surface area (Å²) in [4.78, 5) is 0. The number of rotatable bonds is 5. The highest BCUT2D eigenvalue weighted by atomic mass is 16.7. The first-order valence-electron chi connectivity index (χ1n) is 3.30. The van der Waals surface area contributed by atoms with E-state index in [-0.39, 0.29) is 0 Å². The Morgan fingerprint density at radius 2 is 1.70 bits per heavy atom. The lowest BCUT2D eigenvalue weighted by molar-refractivity contribution is -0.201. The molecular formula is C7H16O3. The standard InChI is InChI=1S/C7H16O3/c1-7(2,9-4)10-6-5-8-3/h5-6H2,1-4H3. The van der Waals surface area contributed by atoms with Gasteiger partial charge in [0.2, 0.25) is 0 Å². The normalized spacial score (nSPS) is 12.0. The molecule has 0 bridgehead atoms. The molecule has 0 N–H and O–H groups in total. The lowest BCUT2D eigenvalue weighted by atomic mass is 10.4. The third-order valence-corrected chi connectivity index (χ3v) is 1.23. The summed E-state index contributed by atoms with van der Waals surface area (Å²) in [5.74, 6) is -0.488. The molecule has 0 aromatic carbocycles. The molecule has 0 aliphatic heterocycles. The molecule has 10 heavy (non-hydrogen) atoms. The van der Waals surface area contributed by atoms with Gasteiger partial charge in [0.1, 0.15) is 0 Å². The minimum absolute atomic E-state index is 0.488. The topological polar surface area (TPSA) is 27.7 Å². The molecule has 62 valence electrons. The van der Waals surface area contributed by atoms with Crippen LogP contribution in [0.25, 0.3) is 0 Å². The number of ether oxygens (including phenoxy) is 3. The molecule has 3 nitrogen and oxygen atoms in total. The molecule has 0 unspecified atom stereocenters. The van der Waals surface area contributed by atoms with Gasteiger partial charge in [0.15, 0.2) is 5.79 Å². The average molecular weight is 148 g/mol. The molecule has 0 saturated heterocycles. The van der Waals surface area contributed by atoms with Crippen LogP contribution in [0.1, 0.15) is 13.8 Å². The van der Waals surface area contributed by atoms with E-state index in [0.29, 0.717) is 13.2 Å². The van der Waals surface area contributed by atoms with Crippen molar-refractivity contribution < 1.29 is 14.2 Å². The fourth-order valence-corrected chi connectivity index (χ4v) is 0.430. The number of hydrogen-bond acceptors (Lipinski definition) is 3. The summed E-state index contributed by atoms with van der Waals surface area (Å²) in [6.45, 7) is 4.90. The van der Waals surface area contributed by atoms with Crippen LogP contribution in [0, 0.1) is 0 Å². The highest BCUT2D eigenvalue weighted by Gasteiger charge is 2.15. The predicted molar refractivity (Wildman–Crippen MR) is 38.9 cm³/mol. The van der Waals surface area contributed by atoms with Gasteiger partial charge in [-0.3, -0.25) is 0 Å². The second kappa shape index (κ2) is 4.66. The largest absolute Gasteiger partial charge is 0.382 e. The Kier molecular flexibility index (Phi) is 4.60. The van der Waals surface area contributed by atoms with Crippen LogP contribution < -0.4 is 0 Å². The van der Waals surface area contributed by atoms with Crippen LogP contribution in [-0.2, 0) is 14.2 Å². The summed E-state index contributed by atoms with van der Waals surface area (Å²) in [6.07, 6.45) is 0. The van der Waals surface area contributed by atoms with E-state index in [2.05, 4.69) is 0 Å². The van der Waals surface area contributed by atoms with Gasteiger partial charge >= 0.3 is 0 Å². The van der Waals surface area contributed by atoms with Crippen LogP contribution >= 0.6 is 0 Å². The SMILES string of the molecule is COCCOC(C)(C)OC. The zero-order chi connectivity index (χ0) is 8.04. The summed E-state index contributed by atoms with van der Waals surface area (Å²) >= 11 is 0. The summed E-state index contributed by atoms with van der Waals surface area (Å²) in [6, 6.07) is 0. The second-order valence-corrected chi connectivity index (χ2v) is 2.45. The van der Waals surface area contributed by atoms with Crippen LogP contribution in [0.4, 0.5) is 0 Å². The van der Waals surface area contributed by atoms with E-state index in [1.165, 1.54) is 0 Å². The van der Waals surface area contributed by atoms with E-state index >= 15 is 0 Å². The van der Waals surface area contributed by atoms with Crippen molar-refractivity contribution in [1.82, 2.24) is 0 Å². The highest BCUT2D eigenvalue weighted by Crippen LogP contribution is 2.07. The molecule has 0 saturated carbocycles. The first-order valence-corrected chi connectivity index (χ1v) is 3.30. The van der Waals surface area contributed by atoms with E-state index in [9.17, 15) is 0 Å². The van der Waals surface area contributed by atoms with Gasteiger partial charge in [0.25, 0.3) is 0 Å². The van der Waals surface area contributed by atoms with Crippen LogP contribution in [0.15, 0.2) is 0 Å². The smallest absolute Gasteiger partial charge is 0.162 e. The van der Waals surface area contributed by atoms with Crippen LogP contribution in [0.3, 0.4) is 0 Å². The highest BCUT2D eigenvalue weighted by molar-refractivity contribution is 4.50. The third-order valence-electron chi connectivity index (χ3n) is 1.23. The summed E-state index contributed by atoms with van der Waals surface area (Å²) < 4.78 is 15.1. The fourth-order valence-electron chi connectivity index (χ4n) is 0.430. The van der Waals surface area contributed by atoms with E-state index in [1.807, 2.05) is 13.8 Å². The minimum atomic E-state index is -0.488. The van der Waals surface area contributed by atoms with Gasteiger partial charge < -0.3 is 14.2 Å². The van der Waals surface area contributed by atoms with Crippen molar-refractivity contribution in [1.29, 1.82) is 0 Å². The Labute approximate surface area is 62.3 Å². The van der Waals surface area contributed by atoms with Crippen molar-refractivity contribution in [2.24, 2.45) is 0 Å². The Morgan fingerprint density at radius 1 is 1.10 bits per heavy atom. The molecule has 0 atom stereocenters. The van der Waals surface area contributed by atoms with E-state index < -0.39 is 5.79 Å². The molecule has 0 amide bonds. The zero-order valence-electron chi connectivity index (χ0n) is 7.14. The van der Waals surface area contributed by atoms with Crippen molar-refractivity contribution in [3.63, 3.8) is 0 Å². The molecule has 0 radical (unpaired) electrons. The van der Waals surface area contributed by atoms with Gasteiger partial charge in [-0.05, 0) is 13.8 Å². The van der Waals surface area contributed by atoms with Crippen LogP contribution in [-0.4, -0.2) is 33.2 Å². The fraction of sp³-hybridized carbons (Fsp3) is 1.00. The maximum Gasteiger partial charge on any atom is 0.162 e. The molecule has 0 aromatic rings. The Morgan fingerprint density at radius 3 is 2.10 bits per heavy atom. The lowest BCUT2D eigenvalue weighted by Gasteiger charge is -2.22. The Bertz CT molecular complexity index is 80.9. The Balaban J connectivity index is 3.28. The first-order chi connectivity index (χ1) is 4.62. The van der Waals surface area contributed by atoms with Crippen molar-refractivity contribution >= 4 is 0 Å². The molecule has 0 aliphatic rings. The maximum atomic E-state index is 5.27. The summed E-state index contributed by atoms with van der Waals surface area (Å²) in [5, 5.41) is 0. The molecule has 0 aliphatic carbocycles. The van der Waals surface area contributed by atoms with Crippen molar-refractivity contribution in [3.05, 3.63) is 0 Å². The molecule has 0 aromatic heterocycles. The molecular weight excluding hydrogens is 132 g/mol. The van der Waals surface area contributed by atoms with Gasteiger partial charge in [-0.15, -0.1) is 0 Å². The van der Waals surface area contributed by atoms with Crippen molar-refractivity contribution in [2.75, 3.05) is 27.4 Å². The molecule has 3 heteroatoms. The van der Waals surface area contributed by atoms with Gasteiger partial charge in [-0.1, -0.05) is 0 Å². The summed E-state index contributed by atoms with van der Waals surface area (Å²) in [7, 11) is 3.26. The average Bonchev–Trinajstić information content (AvgIpc) is 1.89. The quantitative estimate of drug-likeness (QED) is 0.430. The molecule has 0 rings (SSSR count). The van der Waals surface area contributed by atoms with Crippen LogP contribution in [0.5, 0.6) is 0 Å². The van der Waals surface area contributed by atoms with E-state index in [1.54, 1.807) is 14.2 Å². The molecule has 0 spiro atoms. The van der Waals surface area contributed by atoms with Gasteiger partial charge in [0.05, 0.1) is 13.2 Å². The van der Waals surface area contributed by atoms with Gasteiger partial charge in [0, 0.05) is 14.2 Å². The number of hydrogen-bond donors (Lipinski definition) is 0. The zero-order valence-corrected chi connectivity index (χ0v) is 7.14. The third kappa shape index (κ3) is 4.73. The summed E-state index contributed by atoms with van der Waals surface area (Å²) in [5.41, 5.74) is 0. The molecule has 0 fully saturated rings. The van der Waals surface area contributed by atoms with E-state index in [4.69, 9.17) is 14.2 Å². The van der Waals surface area contributed by atoms with Crippen molar-refractivity contribution in [2.45, 2.75) is 19.6 Å². The van der Waals surface area contributed by atoms with Crippen molar-refractivity contribution in [3.8, 4) is 0 Å². The molecule has 0 heterocycles. The Hall–Kier alpha value is -0.120. The number of methoxy groups -OCH3 is 2. The monoisotopic (exact) mass is 148 g/mol. The minimum Gasteiger partial charge on any atom is -0.382 e. The lowest BCUT2D eigenvalue weighted by Crippen LogP contribution is -2.28. The van der Waals surface area contributed by atoms with Gasteiger partial charge in [-0.25, -0.2) is 0 Å². The second-order valence-electron chi connectivity index (χ2n) is 2.45. The maximum absolute atomic E-state index is 5.27. The van der Waals surface area contributed by atoms with Crippen LogP contribution in [0.2, 0.25) is 0 Å². The van der Waals surface area contributed by atoms with E-state index in [0.717, 1.165) is 0 Å². The van der Waals surface area contributed by atoms with Gasteiger partial charge in [-0.2, -0.15) is 0 Å². The predicted octanol–water partition coefficient (Wildman–Crippen LogP) is 1.03. The first kappa shape index (κ1) is 9.88.